The molecule has 0 atom stereocenters. The van der Waals surface area contributed by atoms with Crippen molar-refractivity contribution in [2.75, 3.05) is 25.5 Å². The van der Waals surface area contributed by atoms with Crippen LogP contribution in [0.5, 0.6) is 0 Å². The third kappa shape index (κ3) is 3.19. The van der Waals surface area contributed by atoms with Gasteiger partial charge < -0.3 is 5.32 Å². The first-order valence-electron chi connectivity index (χ1n) is 9.38. The molecule has 1 N–H and O–H groups in total. The molecule has 2 fully saturated rings. The second-order valence-electron chi connectivity index (χ2n) is 7.93. The maximum Gasteiger partial charge on any atom is 0.322 e. The van der Waals surface area contributed by atoms with Crippen LogP contribution in [0.3, 0.4) is 0 Å². The third-order valence-corrected chi connectivity index (χ3v) is 6.53. The second-order valence-corrected chi connectivity index (χ2v) is 8.32. The topological polar surface area (TPSA) is 48.5 Å². The summed E-state index contributed by atoms with van der Waals surface area (Å²) in [5, 5.41) is 3.70. The summed E-state index contributed by atoms with van der Waals surface area (Å²) in [6.07, 6.45) is 5.58. The van der Waals surface area contributed by atoms with E-state index < -0.39 is 0 Å². The SMILES string of the molecule is CN(C)[C@]1(c2ccccc2)CC[C@]2(CC1)CN(c1ccc(Cl)nc1)C(=O)N2. The summed E-state index contributed by atoms with van der Waals surface area (Å²) in [6.45, 7) is 0.674. The zero-order valence-corrected chi connectivity index (χ0v) is 16.5. The monoisotopic (exact) mass is 384 g/mol. The number of pyridine rings is 1. The number of urea groups is 1. The summed E-state index contributed by atoms with van der Waals surface area (Å²) < 4.78 is 0. The summed E-state index contributed by atoms with van der Waals surface area (Å²) in [7, 11) is 4.31. The Balaban J connectivity index is 1.54. The number of nitrogens with zero attached hydrogens (tertiary/aromatic N) is 3. The highest BCUT2D eigenvalue weighted by atomic mass is 35.5. The van der Waals surface area contributed by atoms with E-state index in [0.717, 1.165) is 31.4 Å². The number of rotatable bonds is 3. The van der Waals surface area contributed by atoms with Gasteiger partial charge in [0.05, 0.1) is 24.0 Å². The second kappa shape index (κ2) is 6.80. The molecular weight excluding hydrogens is 360 g/mol. The number of carbonyl (C=O) groups is 1. The third-order valence-electron chi connectivity index (χ3n) is 6.30. The molecule has 1 aliphatic heterocycles. The van der Waals surface area contributed by atoms with E-state index in [1.165, 1.54) is 5.56 Å². The molecule has 0 radical (unpaired) electrons. The number of hydrogen-bond donors (Lipinski definition) is 1. The molecule has 142 valence electrons. The summed E-state index contributed by atoms with van der Waals surface area (Å²) in [4.78, 5) is 20.9. The van der Waals surface area contributed by atoms with Crippen LogP contribution in [-0.2, 0) is 5.54 Å². The Morgan fingerprint density at radius 1 is 1.07 bits per heavy atom. The molecule has 0 bridgehead atoms. The van der Waals surface area contributed by atoms with Crippen molar-refractivity contribution in [2.45, 2.75) is 36.8 Å². The first-order chi connectivity index (χ1) is 12.9. The van der Waals surface area contributed by atoms with Gasteiger partial charge in [0.25, 0.3) is 0 Å². The number of anilines is 1. The number of nitrogens with one attached hydrogen (secondary N) is 1. The molecule has 1 saturated carbocycles. The van der Waals surface area contributed by atoms with Crippen LogP contribution in [0.25, 0.3) is 0 Å². The van der Waals surface area contributed by atoms with Crippen LogP contribution in [0.4, 0.5) is 10.5 Å². The standard InChI is InChI=1S/C21H25ClN4O/c1-25(2)21(16-6-4-3-5-7-16)12-10-20(11-13-21)15-26(19(27)24-20)17-8-9-18(22)23-14-17/h3-9,14H,10-13,15H2,1-2H3,(H,24,27)/t20-,21+. The van der Waals surface area contributed by atoms with Crippen LogP contribution >= 0.6 is 11.6 Å². The normalized spacial score (nSPS) is 28.0. The van der Waals surface area contributed by atoms with Crippen molar-refractivity contribution in [1.82, 2.24) is 15.2 Å². The fraction of sp³-hybridized carbons (Fsp3) is 0.429. The lowest BCUT2D eigenvalue weighted by Gasteiger charge is -2.48. The van der Waals surface area contributed by atoms with Gasteiger partial charge in [0.2, 0.25) is 0 Å². The Labute approximate surface area is 165 Å². The van der Waals surface area contributed by atoms with Gasteiger partial charge in [-0.2, -0.15) is 0 Å². The van der Waals surface area contributed by atoms with Gasteiger partial charge in [-0.15, -0.1) is 0 Å². The molecule has 1 aromatic heterocycles. The maximum atomic E-state index is 12.6. The first kappa shape index (κ1) is 18.3. The fourth-order valence-electron chi connectivity index (χ4n) is 4.61. The van der Waals surface area contributed by atoms with E-state index >= 15 is 0 Å². The van der Waals surface area contributed by atoms with Crippen LogP contribution < -0.4 is 10.2 Å². The molecule has 6 heteroatoms. The van der Waals surface area contributed by atoms with Crippen LogP contribution in [0, 0.1) is 0 Å². The molecule has 5 nitrogen and oxygen atoms in total. The highest BCUT2D eigenvalue weighted by Gasteiger charge is 2.50. The summed E-state index contributed by atoms with van der Waals surface area (Å²) in [5.74, 6) is 0. The molecule has 1 aliphatic carbocycles. The molecule has 1 saturated heterocycles. The van der Waals surface area contributed by atoms with Crippen LogP contribution in [0.2, 0.25) is 5.15 Å². The van der Waals surface area contributed by atoms with Crippen molar-refractivity contribution < 1.29 is 4.79 Å². The molecule has 2 aliphatic rings. The van der Waals surface area contributed by atoms with Gasteiger partial charge in [-0.3, -0.25) is 9.80 Å². The van der Waals surface area contributed by atoms with Crippen molar-refractivity contribution in [1.29, 1.82) is 0 Å². The molecule has 4 rings (SSSR count). The number of hydrogen-bond acceptors (Lipinski definition) is 3. The van der Waals surface area contributed by atoms with Gasteiger partial charge in [-0.25, -0.2) is 9.78 Å². The van der Waals surface area contributed by atoms with Crippen molar-refractivity contribution >= 4 is 23.3 Å². The molecule has 1 aromatic carbocycles. The van der Waals surface area contributed by atoms with E-state index in [0.29, 0.717) is 11.7 Å². The van der Waals surface area contributed by atoms with Crippen LogP contribution in [-0.4, -0.2) is 42.1 Å². The minimum Gasteiger partial charge on any atom is -0.330 e. The Morgan fingerprint density at radius 2 is 1.78 bits per heavy atom. The van der Waals surface area contributed by atoms with E-state index in [1.807, 2.05) is 6.07 Å². The van der Waals surface area contributed by atoms with Crippen molar-refractivity contribution in [3.8, 4) is 0 Å². The lowest BCUT2D eigenvalue weighted by atomic mass is 9.69. The summed E-state index contributed by atoms with van der Waals surface area (Å²) in [5.41, 5.74) is 1.99. The average Bonchev–Trinajstić information content (AvgIpc) is 3.00. The van der Waals surface area contributed by atoms with E-state index in [4.69, 9.17) is 11.6 Å². The average molecular weight is 385 g/mol. The highest BCUT2D eigenvalue weighted by molar-refractivity contribution is 6.29. The Bertz CT molecular complexity index is 814. The Hall–Kier alpha value is -2.11. The zero-order valence-electron chi connectivity index (χ0n) is 15.8. The smallest absolute Gasteiger partial charge is 0.322 e. The van der Waals surface area contributed by atoms with Gasteiger partial charge >= 0.3 is 6.03 Å². The van der Waals surface area contributed by atoms with E-state index in [9.17, 15) is 4.79 Å². The summed E-state index contributed by atoms with van der Waals surface area (Å²) in [6, 6.07) is 14.2. The van der Waals surface area contributed by atoms with E-state index in [-0.39, 0.29) is 17.1 Å². The van der Waals surface area contributed by atoms with Gasteiger partial charge in [-0.05, 0) is 57.5 Å². The number of benzene rings is 1. The highest BCUT2D eigenvalue weighted by Crippen LogP contribution is 2.46. The molecule has 0 unspecified atom stereocenters. The predicted molar refractivity (Wildman–Crippen MR) is 108 cm³/mol. The molecule has 1 spiro atoms. The molecular formula is C21H25ClN4O. The quantitative estimate of drug-likeness (QED) is 0.812. The van der Waals surface area contributed by atoms with E-state index in [1.54, 1.807) is 17.2 Å². The minimum absolute atomic E-state index is 0.0203. The van der Waals surface area contributed by atoms with E-state index in [2.05, 4.69) is 59.6 Å². The lowest BCUT2D eigenvalue weighted by Crippen LogP contribution is -2.54. The molecule has 2 aromatic rings. The Kier molecular flexibility index (Phi) is 4.60. The number of carbonyl (C=O) groups excluding carboxylic acids is 1. The van der Waals surface area contributed by atoms with Crippen molar-refractivity contribution in [3.63, 3.8) is 0 Å². The molecule has 27 heavy (non-hydrogen) atoms. The van der Waals surface area contributed by atoms with Crippen LogP contribution in [0.1, 0.15) is 31.2 Å². The maximum absolute atomic E-state index is 12.6. The minimum atomic E-state index is -0.176. The van der Waals surface area contributed by atoms with Gasteiger partial charge in [-0.1, -0.05) is 41.9 Å². The van der Waals surface area contributed by atoms with Crippen molar-refractivity contribution in [3.05, 3.63) is 59.4 Å². The number of halogens is 1. The number of amides is 2. The number of aromatic nitrogens is 1. The predicted octanol–water partition coefficient (Wildman–Crippen LogP) is 4.03. The Morgan fingerprint density at radius 3 is 2.37 bits per heavy atom. The summed E-state index contributed by atoms with van der Waals surface area (Å²) >= 11 is 5.88. The fourth-order valence-corrected chi connectivity index (χ4v) is 4.72. The van der Waals surface area contributed by atoms with Gasteiger partial charge in [0.1, 0.15) is 5.15 Å². The zero-order chi connectivity index (χ0) is 19.1. The van der Waals surface area contributed by atoms with Gasteiger partial charge in [0, 0.05) is 5.54 Å². The molecule has 2 heterocycles. The van der Waals surface area contributed by atoms with Gasteiger partial charge in [0.15, 0.2) is 0 Å². The first-order valence-corrected chi connectivity index (χ1v) is 9.76. The lowest BCUT2D eigenvalue weighted by molar-refractivity contribution is 0.0658. The van der Waals surface area contributed by atoms with Crippen LogP contribution in [0.15, 0.2) is 48.7 Å². The van der Waals surface area contributed by atoms with Crippen molar-refractivity contribution in [2.24, 2.45) is 0 Å². The molecule has 2 amide bonds. The largest absolute Gasteiger partial charge is 0.330 e.